The Morgan fingerprint density at radius 2 is 2.05 bits per heavy atom. The molecule has 1 aliphatic rings. The van der Waals surface area contributed by atoms with Gasteiger partial charge in [-0.2, -0.15) is 13.5 Å². The van der Waals surface area contributed by atoms with E-state index in [1.165, 1.54) is 22.9 Å². The Morgan fingerprint density at radius 1 is 1.27 bits per heavy atom. The highest BCUT2D eigenvalue weighted by atomic mass is 32.2. The van der Waals surface area contributed by atoms with E-state index >= 15 is 0 Å². The van der Waals surface area contributed by atoms with Gasteiger partial charge in [0.15, 0.2) is 5.82 Å². The molecule has 0 spiro atoms. The number of hydrogen-bond donors (Lipinski definition) is 2. The van der Waals surface area contributed by atoms with E-state index in [2.05, 4.69) is 19.5 Å². The summed E-state index contributed by atoms with van der Waals surface area (Å²) in [4.78, 5) is -0.390. The smallest absolute Gasteiger partial charge is 0.285 e. The van der Waals surface area contributed by atoms with E-state index in [-0.39, 0.29) is 21.3 Å². The first-order chi connectivity index (χ1) is 10.3. The molecular weight excluding hydrogens is 330 g/mol. The largest absolute Gasteiger partial charge is 0.345 e. The minimum Gasteiger partial charge on any atom is -0.345 e. The molecule has 0 fully saturated rings. The Kier molecular flexibility index (Phi) is 3.18. The van der Waals surface area contributed by atoms with Crippen molar-refractivity contribution in [3.63, 3.8) is 0 Å². The molecule has 0 saturated heterocycles. The Hall–Kier alpha value is -2.40. The first kappa shape index (κ1) is 14.5. The zero-order valence-corrected chi connectivity index (χ0v) is 12.9. The van der Waals surface area contributed by atoms with Gasteiger partial charge in [-0.15, -0.1) is 4.40 Å². The van der Waals surface area contributed by atoms with E-state index in [0.717, 1.165) is 12.4 Å². The van der Waals surface area contributed by atoms with Crippen molar-refractivity contribution < 1.29 is 16.8 Å². The van der Waals surface area contributed by atoms with Crippen LogP contribution in [0.3, 0.4) is 0 Å². The van der Waals surface area contributed by atoms with Gasteiger partial charge in [-0.1, -0.05) is 0 Å². The lowest BCUT2D eigenvalue weighted by Gasteiger charge is -2.13. The van der Waals surface area contributed by atoms with Crippen molar-refractivity contribution in [2.75, 3.05) is 10.0 Å². The zero-order chi connectivity index (χ0) is 16.0. The van der Waals surface area contributed by atoms with Crippen molar-refractivity contribution in [2.45, 2.75) is 9.79 Å². The van der Waals surface area contributed by atoms with Gasteiger partial charge in [-0.3, -0.25) is 9.40 Å². The van der Waals surface area contributed by atoms with Crippen LogP contribution < -0.4 is 10.0 Å². The summed E-state index contributed by atoms with van der Waals surface area (Å²) in [5.74, 6) is 0.138. The SMILES string of the molecule is Cn1ccc(NS(=O)(=O)c2ccc3c(c2)S(=O)(=O)N=CN3)n1. The Labute approximate surface area is 126 Å². The molecule has 0 aliphatic carbocycles. The lowest BCUT2D eigenvalue weighted by atomic mass is 10.3. The molecule has 1 aromatic heterocycles. The summed E-state index contributed by atoms with van der Waals surface area (Å²) in [5.41, 5.74) is 0.270. The van der Waals surface area contributed by atoms with Crippen LogP contribution in [0.25, 0.3) is 0 Å². The van der Waals surface area contributed by atoms with Crippen molar-refractivity contribution in [1.82, 2.24) is 9.78 Å². The average Bonchev–Trinajstić information content (AvgIpc) is 2.82. The van der Waals surface area contributed by atoms with Gasteiger partial charge in [0, 0.05) is 19.3 Å². The quantitative estimate of drug-likeness (QED) is 0.831. The number of fused-ring (bicyclic) bond motifs is 1. The number of nitrogens with zero attached hydrogens (tertiary/aromatic N) is 3. The molecule has 2 aromatic rings. The Bertz CT molecular complexity index is 976. The standard InChI is InChI=1S/C11H11N5O4S2/c1-16-5-4-11(14-16)15-21(17,18)8-2-3-9-10(6-8)22(19,20)13-7-12-9/h2-7H,1H3,(H,12,13)(H,14,15). The van der Waals surface area contributed by atoms with Crippen LogP contribution in [-0.2, 0) is 27.1 Å². The van der Waals surface area contributed by atoms with Crippen LogP contribution in [0.1, 0.15) is 0 Å². The fourth-order valence-corrected chi connectivity index (χ4v) is 3.97. The van der Waals surface area contributed by atoms with E-state index in [9.17, 15) is 16.8 Å². The number of hydrogen-bond acceptors (Lipinski definition) is 6. The van der Waals surface area contributed by atoms with Crippen molar-refractivity contribution in [3.8, 4) is 0 Å². The molecule has 1 aliphatic heterocycles. The van der Waals surface area contributed by atoms with Gasteiger partial charge < -0.3 is 5.32 Å². The highest BCUT2D eigenvalue weighted by Crippen LogP contribution is 2.28. The molecule has 0 radical (unpaired) electrons. The Morgan fingerprint density at radius 3 is 2.73 bits per heavy atom. The summed E-state index contributed by atoms with van der Waals surface area (Å²) in [6.07, 6.45) is 2.62. The second-order valence-electron chi connectivity index (χ2n) is 4.49. The third-order valence-electron chi connectivity index (χ3n) is 2.91. The van der Waals surface area contributed by atoms with E-state index < -0.39 is 20.0 Å². The van der Waals surface area contributed by atoms with Crippen LogP contribution in [0.4, 0.5) is 11.5 Å². The molecule has 22 heavy (non-hydrogen) atoms. The molecule has 11 heteroatoms. The molecule has 116 valence electrons. The fraction of sp³-hybridized carbons (Fsp3) is 0.0909. The molecule has 0 unspecified atom stereocenters. The molecule has 0 saturated carbocycles. The summed E-state index contributed by atoms with van der Waals surface area (Å²) in [6, 6.07) is 5.20. The van der Waals surface area contributed by atoms with Crippen molar-refractivity contribution in [2.24, 2.45) is 11.4 Å². The summed E-state index contributed by atoms with van der Waals surface area (Å²) in [7, 11) is -6.21. The van der Waals surface area contributed by atoms with Gasteiger partial charge in [-0.05, 0) is 18.2 Å². The number of nitrogens with one attached hydrogen (secondary N) is 2. The predicted molar refractivity (Wildman–Crippen MR) is 79.8 cm³/mol. The van der Waals surface area contributed by atoms with Crippen molar-refractivity contribution >= 4 is 37.9 Å². The maximum Gasteiger partial charge on any atom is 0.285 e. The topological polar surface area (TPSA) is 123 Å². The third kappa shape index (κ3) is 2.55. The maximum atomic E-state index is 12.3. The third-order valence-corrected chi connectivity index (χ3v) is 5.53. The number of aryl methyl sites for hydroxylation is 1. The lowest BCUT2D eigenvalue weighted by molar-refractivity contribution is 0.597. The second-order valence-corrected chi connectivity index (χ2v) is 7.78. The Balaban J connectivity index is 2.03. The number of anilines is 2. The van der Waals surface area contributed by atoms with Crippen LogP contribution in [0.5, 0.6) is 0 Å². The molecule has 2 heterocycles. The molecular formula is C11H11N5O4S2. The van der Waals surface area contributed by atoms with Crippen molar-refractivity contribution in [3.05, 3.63) is 30.5 Å². The van der Waals surface area contributed by atoms with E-state index in [1.807, 2.05) is 0 Å². The van der Waals surface area contributed by atoms with E-state index in [4.69, 9.17) is 0 Å². The molecule has 0 bridgehead atoms. The first-order valence-electron chi connectivity index (χ1n) is 6.00. The number of benzene rings is 1. The summed E-state index contributed by atoms with van der Waals surface area (Å²) in [6.45, 7) is 0. The van der Waals surface area contributed by atoms with E-state index in [1.54, 1.807) is 13.2 Å². The van der Waals surface area contributed by atoms with Crippen LogP contribution in [0.2, 0.25) is 0 Å². The van der Waals surface area contributed by atoms with Crippen molar-refractivity contribution in [1.29, 1.82) is 0 Å². The van der Waals surface area contributed by atoms with Gasteiger partial charge in [-0.25, -0.2) is 8.42 Å². The molecule has 9 nitrogen and oxygen atoms in total. The molecule has 2 N–H and O–H groups in total. The van der Waals surface area contributed by atoms with Crippen LogP contribution >= 0.6 is 0 Å². The summed E-state index contributed by atoms with van der Waals surface area (Å²) < 4.78 is 55.3. The highest BCUT2D eigenvalue weighted by Gasteiger charge is 2.25. The molecule has 0 atom stereocenters. The maximum absolute atomic E-state index is 12.3. The zero-order valence-electron chi connectivity index (χ0n) is 11.3. The lowest BCUT2D eigenvalue weighted by Crippen LogP contribution is -2.16. The monoisotopic (exact) mass is 341 g/mol. The fourth-order valence-electron chi connectivity index (χ4n) is 1.89. The minimum atomic E-state index is -3.95. The number of aromatic nitrogens is 2. The molecule has 1 aromatic carbocycles. The molecule has 0 amide bonds. The summed E-state index contributed by atoms with van der Waals surface area (Å²) in [5, 5.41) is 6.56. The first-order valence-corrected chi connectivity index (χ1v) is 8.92. The average molecular weight is 341 g/mol. The van der Waals surface area contributed by atoms with Gasteiger partial charge in [0.25, 0.3) is 20.0 Å². The summed E-state index contributed by atoms with van der Waals surface area (Å²) >= 11 is 0. The number of rotatable bonds is 3. The van der Waals surface area contributed by atoms with E-state index in [0.29, 0.717) is 0 Å². The van der Waals surface area contributed by atoms with Crippen LogP contribution in [0.15, 0.2) is 44.7 Å². The number of sulfonamides is 2. The predicted octanol–water partition coefficient (Wildman–Crippen LogP) is 0.363. The van der Waals surface area contributed by atoms with Gasteiger partial charge >= 0.3 is 0 Å². The van der Waals surface area contributed by atoms with Gasteiger partial charge in [0.1, 0.15) is 11.2 Å². The minimum absolute atomic E-state index is 0.138. The van der Waals surface area contributed by atoms with Gasteiger partial charge in [0.05, 0.1) is 10.6 Å². The normalized spacial score (nSPS) is 15.9. The van der Waals surface area contributed by atoms with Gasteiger partial charge in [0.2, 0.25) is 0 Å². The van der Waals surface area contributed by atoms with Crippen LogP contribution in [0, 0.1) is 0 Å². The molecule has 3 rings (SSSR count). The highest BCUT2D eigenvalue weighted by molar-refractivity contribution is 7.93. The van der Waals surface area contributed by atoms with Crippen LogP contribution in [-0.4, -0.2) is 33.0 Å². The second kappa shape index (κ2) is 4.81.